The molecule has 1 rings (SSSR count). The minimum Gasteiger partial charge on any atom is -0.373 e. The van der Waals surface area contributed by atoms with Crippen molar-refractivity contribution in [3.05, 3.63) is 29.6 Å². The van der Waals surface area contributed by atoms with Crippen LogP contribution in [0.25, 0.3) is 0 Å². The third-order valence-corrected chi connectivity index (χ3v) is 2.54. The van der Waals surface area contributed by atoms with Crippen molar-refractivity contribution in [3.8, 4) is 5.75 Å². The number of alkyl halides is 3. The van der Waals surface area contributed by atoms with E-state index in [0.717, 1.165) is 12.1 Å². The Morgan fingerprint density at radius 2 is 1.81 bits per heavy atom. The molecule has 0 aliphatic heterocycles. The van der Waals surface area contributed by atoms with Gasteiger partial charge in [0.05, 0.1) is 0 Å². The van der Waals surface area contributed by atoms with E-state index in [0.29, 0.717) is 5.56 Å². The number of aryl methyl sites for hydroxylation is 1. The second-order valence-corrected chi connectivity index (χ2v) is 4.45. The molecule has 0 N–H and O–H groups in total. The van der Waals surface area contributed by atoms with Gasteiger partial charge in [0.2, 0.25) is 0 Å². The molecule has 0 atom stereocenters. The summed E-state index contributed by atoms with van der Waals surface area (Å²) in [5.41, 5.74) is -5.15. The van der Waals surface area contributed by atoms with Crippen LogP contribution in [-0.4, -0.2) is 13.9 Å². The molecule has 0 radical (unpaired) electrons. The van der Waals surface area contributed by atoms with E-state index in [9.17, 15) is 26.0 Å². The van der Waals surface area contributed by atoms with E-state index in [2.05, 4.69) is 4.18 Å². The highest BCUT2D eigenvalue weighted by molar-refractivity contribution is 7.87. The summed E-state index contributed by atoms with van der Waals surface area (Å²) in [6.07, 6.45) is 0. The highest BCUT2D eigenvalue weighted by Crippen LogP contribution is 2.28. The molecule has 0 aromatic heterocycles. The maximum absolute atomic E-state index is 13.0. The van der Waals surface area contributed by atoms with Crippen LogP contribution in [0.1, 0.15) is 5.56 Å². The van der Waals surface area contributed by atoms with Crippen molar-refractivity contribution in [2.75, 3.05) is 0 Å². The first-order chi connectivity index (χ1) is 7.13. The zero-order valence-corrected chi connectivity index (χ0v) is 8.69. The highest BCUT2D eigenvalue weighted by Gasteiger charge is 2.48. The predicted octanol–water partition coefficient (Wildman–Crippen LogP) is 2.36. The molecule has 90 valence electrons. The van der Waals surface area contributed by atoms with Gasteiger partial charge in [0, 0.05) is 0 Å². The molecule has 0 spiro atoms. The summed E-state index contributed by atoms with van der Waals surface area (Å²) in [5, 5.41) is 0. The standard InChI is InChI=1S/C8H6F4O3S/c1-5-2-3-7(6(9)4-5)15-16(13,14)8(10,11)12/h2-4H,1H3. The van der Waals surface area contributed by atoms with E-state index in [4.69, 9.17) is 0 Å². The Morgan fingerprint density at radius 1 is 1.25 bits per heavy atom. The SMILES string of the molecule is Cc1ccc(OS(=O)(=O)C(F)(F)F)c(F)c1. The normalized spacial score (nSPS) is 12.6. The molecule has 1 aromatic carbocycles. The van der Waals surface area contributed by atoms with Crippen molar-refractivity contribution in [1.29, 1.82) is 0 Å². The average Bonchev–Trinajstić information content (AvgIpc) is 2.08. The lowest BCUT2D eigenvalue weighted by molar-refractivity contribution is -0.0500. The van der Waals surface area contributed by atoms with Gasteiger partial charge in [-0.25, -0.2) is 4.39 Å². The summed E-state index contributed by atoms with van der Waals surface area (Å²) < 4.78 is 73.4. The Morgan fingerprint density at radius 3 is 2.25 bits per heavy atom. The van der Waals surface area contributed by atoms with E-state index in [-0.39, 0.29) is 0 Å². The number of benzene rings is 1. The van der Waals surface area contributed by atoms with Gasteiger partial charge in [-0.2, -0.15) is 21.6 Å². The first-order valence-corrected chi connectivity index (χ1v) is 5.31. The molecular formula is C8H6F4O3S. The zero-order chi connectivity index (χ0) is 12.6. The van der Waals surface area contributed by atoms with Gasteiger partial charge in [-0.15, -0.1) is 0 Å². The van der Waals surface area contributed by atoms with Crippen molar-refractivity contribution in [3.63, 3.8) is 0 Å². The van der Waals surface area contributed by atoms with Crippen molar-refractivity contribution < 1.29 is 30.2 Å². The molecular weight excluding hydrogens is 252 g/mol. The van der Waals surface area contributed by atoms with Crippen LogP contribution in [0.15, 0.2) is 18.2 Å². The minimum absolute atomic E-state index is 0.425. The second kappa shape index (κ2) is 3.93. The summed E-state index contributed by atoms with van der Waals surface area (Å²) in [7, 11) is -5.83. The lowest BCUT2D eigenvalue weighted by atomic mass is 10.2. The lowest BCUT2D eigenvalue weighted by Gasteiger charge is -2.09. The van der Waals surface area contributed by atoms with Gasteiger partial charge in [-0.05, 0) is 24.6 Å². The van der Waals surface area contributed by atoms with E-state index in [1.807, 2.05) is 0 Å². The van der Waals surface area contributed by atoms with Crippen molar-refractivity contribution >= 4 is 10.1 Å². The maximum atomic E-state index is 13.0. The minimum atomic E-state index is -5.83. The molecule has 8 heteroatoms. The molecule has 0 amide bonds. The van der Waals surface area contributed by atoms with Crippen molar-refractivity contribution in [1.82, 2.24) is 0 Å². The first kappa shape index (κ1) is 12.8. The molecule has 0 bridgehead atoms. The molecule has 0 saturated heterocycles. The predicted molar refractivity (Wildman–Crippen MR) is 46.7 cm³/mol. The Balaban J connectivity index is 3.07. The van der Waals surface area contributed by atoms with E-state index in [1.54, 1.807) is 0 Å². The summed E-state index contributed by atoms with van der Waals surface area (Å²) in [4.78, 5) is 0. The topological polar surface area (TPSA) is 43.4 Å². The van der Waals surface area contributed by atoms with Crippen LogP contribution in [0.3, 0.4) is 0 Å². The Labute approximate surface area is 88.8 Å². The zero-order valence-electron chi connectivity index (χ0n) is 7.88. The molecule has 0 aliphatic carbocycles. The molecule has 16 heavy (non-hydrogen) atoms. The van der Waals surface area contributed by atoms with Gasteiger partial charge in [0.25, 0.3) is 0 Å². The highest BCUT2D eigenvalue weighted by atomic mass is 32.2. The number of rotatable bonds is 2. The third-order valence-electron chi connectivity index (χ3n) is 1.57. The maximum Gasteiger partial charge on any atom is 0.534 e. The van der Waals surface area contributed by atoms with E-state index < -0.39 is 27.2 Å². The second-order valence-electron chi connectivity index (χ2n) is 2.92. The Kier molecular flexibility index (Phi) is 3.13. The quantitative estimate of drug-likeness (QED) is 0.464. The fourth-order valence-electron chi connectivity index (χ4n) is 0.839. The van der Waals surface area contributed by atoms with Crippen molar-refractivity contribution in [2.24, 2.45) is 0 Å². The monoisotopic (exact) mass is 258 g/mol. The van der Waals surface area contributed by atoms with Gasteiger partial charge in [-0.1, -0.05) is 6.07 Å². The number of hydrogen-bond donors (Lipinski definition) is 0. The van der Waals surface area contributed by atoms with Gasteiger partial charge >= 0.3 is 15.6 Å². The van der Waals surface area contributed by atoms with Crippen LogP contribution >= 0.6 is 0 Å². The average molecular weight is 258 g/mol. The van der Waals surface area contributed by atoms with E-state index in [1.165, 1.54) is 13.0 Å². The molecule has 0 fully saturated rings. The first-order valence-electron chi connectivity index (χ1n) is 3.90. The van der Waals surface area contributed by atoms with Crippen LogP contribution in [0.2, 0.25) is 0 Å². The molecule has 1 aromatic rings. The number of hydrogen-bond acceptors (Lipinski definition) is 3. The number of halogens is 4. The smallest absolute Gasteiger partial charge is 0.373 e. The molecule has 3 nitrogen and oxygen atoms in total. The summed E-state index contributed by atoms with van der Waals surface area (Å²) in [6.45, 7) is 1.49. The Hall–Kier alpha value is -1.31. The van der Waals surface area contributed by atoms with Gasteiger partial charge in [-0.3, -0.25) is 0 Å². The summed E-state index contributed by atoms with van der Waals surface area (Å²) in [6, 6.07) is 2.90. The van der Waals surface area contributed by atoms with Crippen molar-refractivity contribution in [2.45, 2.75) is 12.4 Å². The third kappa shape index (κ3) is 2.63. The summed E-state index contributed by atoms with van der Waals surface area (Å²) >= 11 is 0. The lowest BCUT2D eigenvalue weighted by Crippen LogP contribution is -2.28. The fourth-order valence-corrected chi connectivity index (χ4v) is 1.30. The molecule has 0 saturated carbocycles. The largest absolute Gasteiger partial charge is 0.534 e. The van der Waals surface area contributed by atoms with Gasteiger partial charge < -0.3 is 4.18 Å². The molecule has 0 heterocycles. The van der Waals surface area contributed by atoms with Crippen LogP contribution < -0.4 is 4.18 Å². The van der Waals surface area contributed by atoms with Crippen LogP contribution in [-0.2, 0) is 10.1 Å². The van der Waals surface area contributed by atoms with E-state index >= 15 is 0 Å². The van der Waals surface area contributed by atoms with Gasteiger partial charge in [0.15, 0.2) is 11.6 Å². The van der Waals surface area contributed by atoms with Gasteiger partial charge in [0.1, 0.15) is 0 Å². The van der Waals surface area contributed by atoms with Crippen LogP contribution in [0.5, 0.6) is 5.75 Å². The fraction of sp³-hybridized carbons (Fsp3) is 0.250. The Bertz CT molecular complexity index is 492. The molecule has 0 aliphatic rings. The van der Waals surface area contributed by atoms with Crippen LogP contribution in [0.4, 0.5) is 17.6 Å². The molecule has 0 unspecified atom stereocenters. The summed E-state index contributed by atoms with van der Waals surface area (Å²) in [5.74, 6) is -2.16. The van der Waals surface area contributed by atoms with Crippen LogP contribution in [0, 0.1) is 12.7 Å².